The second-order valence-electron chi connectivity index (χ2n) is 8.92. The molecule has 0 aromatic heterocycles. The number of carbonyl (C=O) groups excluding carboxylic acids is 3. The van der Waals surface area contributed by atoms with Crippen molar-refractivity contribution >= 4 is 66.6 Å². The number of amides is 1. The Labute approximate surface area is 230 Å². The molecule has 1 heterocycles. The summed E-state index contributed by atoms with van der Waals surface area (Å²) < 4.78 is 13.1. The second kappa shape index (κ2) is 10.5. The maximum Gasteiger partial charge on any atom is 0.262 e. The molecule has 0 spiro atoms. The fourth-order valence-electron chi connectivity index (χ4n) is 4.90. The first-order valence-electron chi connectivity index (χ1n) is 11.7. The lowest BCUT2D eigenvalue weighted by molar-refractivity contribution is -0.119. The Hall–Kier alpha value is -2.42. The topological polar surface area (TPSA) is 81.7 Å². The molecule has 9 heteroatoms. The number of benzene rings is 2. The summed E-state index contributed by atoms with van der Waals surface area (Å²) in [5.74, 6) is 1.09. The van der Waals surface area contributed by atoms with Gasteiger partial charge in [-0.25, -0.2) is 0 Å². The predicted octanol–water partition coefficient (Wildman–Crippen LogP) is 7.01. The number of anilines is 1. The van der Waals surface area contributed by atoms with E-state index in [0.29, 0.717) is 73.8 Å². The van der Waals surface area contributed by atoms with E-state index < -0.39 is 5.92 Å². The van der Waals surface area contributed by atoms with Gasteiger partial charge in [0.15, 0.2) is 18.2 Å². The van der Waals surface area contributed by atoms with E-state index in [9.17, 15) is 14.4 Å². The molecule has 0 atom stereocenters. The Morgan fingerprint density at radius 2 is 1.50 bits per heavy atom. The van der Waals surface area contributed by atoms with Crippen molar-refractivity contribution in [3.8, 4) is 5.75 Å². The Kier molecular flexibility index (Phi) is 7.37. The van der Waals surface area contributed by atoms with E-state index in [2.05, 4.69) is 37.2 Å². The van der Waals surface area contributed by atoms with Crippen LogP contribution >= 0.6 is 43.5 Å². The third-order valence-corrected chi connectivity index (χ3v) is 7.90. The zero-order chi connectivity index (χ0) is 25.4. The maximum absolute atomic E-state index is 13.0. The number of ether oxygens (including phenoxy) is 2. The first-order chi connectivity index (χ1) is 17.3. The third-order valence-electron chi connectivity index (χ3n) is 6.47. The number of hydrogen-bond acceptors (Lipinski definition) is 5. The van der Waals surface area contributed by atoms with Crippen molar-refractivity contribution < 1.29 is 23.9 Å². The average Bonchev–Trinajstić information content (AvgIpc) is 2.84. The van der Waals surface area contributed by atoms with Crippen molar-refractivity contribution in [1.29, 1.82) is 0 Å². The third kappa shape index (κ3) is 5.04. The van der Waals surface area contributed by atoms with Gasteiger partial charge in [-0.3, -0.25) is 14.4 Å². The minimum absolute atomic E-state index is 0.0256. The van der Waals surface area contributed by atoms with Gasteiger partial charge in [-0.15, -0.1) is 0 Å². The molecule has 186 valence electrons. The molecule has 36 heavy (non-hydrogen) atoms. The highest BCUT2D eigenvalue weighted by atomic mass is 79.9. The van der Waals surface area contributed by atoms with E-state index in [1.807, 2.05) is 12.1 Å². The first-order valence-corrected chi connectivity index (χ1v) is 13.7. The van der Waals surface area contributed by atoms with Crippen LogP contribution in [0, 0.1) is 0 Å². The molecule has 0 saturated heterocycles. The van der Waals surface area contributed by atoms with Crippen LogP contribution in [0.1, 0.15) is 50.0 Å². The van der Waals surface area contributed by atoms with E-state index in [1.54, 1.807) is 24.3 Å². The highest BCUT2D eigenvalue weighted by Gasteiger charge is 2.42. The van der Waals surface area contributed by atoms with Gasteiger partial charge in [0.1, 0.15) is 17.3 Å². The van der Waals surface area contributed by atoms with E-state index >= 15 is 0 Å². The number of Topliss-reactive ketones (excluding diaryl/α,β-unsaturated/α-hetero) is 2. The van der Waals surface area contributed by atoms with Crippen LogP contribution in [0.5, 0.6) is 5.75 Å². The Morgan fingerprint density at radius 1 is 0.944 bits per heavy atom. The largest absolute Gasteiger partial charge is 0.481 e. The number of nitrogens with one attached hydrogen (secondary N) is 1. The number of carbonyl (C=O) groups is 3. The summed E-state index contributed by atoms with van der Waals surface area (Å²) in [6.45, 7) is -0.210. The fraction of sp³-hybridized carbons (Fsp3) is 0.296. The molecule has 2 aliphatic carbocycles. The minimum Gasteiger partial charge on any atom is -0.481 e. The van der Waals surface area contributed by atoms with Crippen LogP contribution in [-0.2, 0) is 19.1 Å². The molecule has 2 aromatic carbocycles. The number of ketones is 2. The van der Waals surface area contributed by atoms with E-state index in [4.69, 9.17) is 21.1 Å². The zero-order valence-corrected chi connectivity index (χ0v) is 23.1. The summed E-state index contributed by atoms with van der Waals surface area (Å²) in [5.41, 5.74) is 2.58. The molecule has 6 nitrogen and oxygen atoms in total. The molecule has 0 fully saturated rings. The predicted molar refractivity (Wildman–Crippen MR) is 143 cm³/mol. The molecule has 3 aliphatic rings. The van der Waals surface area contributed by atoms with E-state index in [-0.39, 0.29) is 24.1 Å². The van der Waals surface area contributed by atoms with Gasteiger partial charge in [-0.2, -0.15) is 0 Å². The molecule has 1 aliphatic heterocycles. The normalized spacial score (nSPS) is 18.0. The van der Waals surface area contributed by atoms with Crippen LogP contribution < -0.4 is 10.1 Å². The van der Waals surface area contributed by atoms with Crippen LogP contribution in [0.2, 0.25) is 5.02 Å². The summed E-state index contributed by atoms with van der Waals surface area (Å²) in [7, 11) is 0. The van der Waals surface area contributed by atoms with Gasteiger partial charge in [0.2, 0.25) is 0 Å². The molecule has 0 radical (unpaired) electrons. The summed E-state index contributed by atoms with van der Waals surface area (Å²) in [5, 5.41) is 3.34. The molecule has 1 N–H and O–H groups in total. The molecule has 0 saturated carbocycles. The highest BCUT2D eigenvalue weighted by molar-refractivity contribution is 9.11. The summed E-state index contributed by atoms with van der Waals surface area (Å²) in [4.78, 5) is 38.4. The number of halogens is 3. The maximum atomic E-state index is 13.0. The first kappa shape index (κ1) is 25.2. The SMILES string of the molecule is O=C(COc1c(Br)cc(C2C3=C(CCCC3=O)OC3=C2C(=O)CCC3)cc1Br)Nc1ccc(Cl)cc1. The van der Waals surface area contributed by atoms with Gasteiger partial charge in [0, 0.05) is 53.5 Å². The summed E-state index contributed by atoms with van der Waals surface area (Å²) in [6, 6.07) is 10.5. The average molecular weight is 636 g/mol. The van der Waals surface area contributed by atoms with Gasteiger partial charge in [-0.1, -0.05) is 11.6 Å². The Bertz CT molecular complexity index is 1270. The smallest absolute Gasteiger partial charge is 0.262 e. The number of hydrogen-bond donors (Lipinski definition) is 1. The van der Waals surface area contributed by atoms with E-state index in [1.165, 1.54) is 0 Å². The molecule has 0 bridgehead atoms. The summed E-state index contributed by atoms with van der Waals surface area (Å²) in [6.07, 6.45) is 3.77. The van der Waals surface area contributed by atoms with Gasteiger partial charge in [0.05, 0.1) is 8.95 Å². The molecule has 5 rings (SSSR count). The van der Waals surface area contributed by atoms with Crippen LogP contribution in [0.3, 0.4) is 0 Å². The summed E-state index contributed by atoms with van der Waals surface area (Å²) >= 11 is 13.0. The van der Waals surface area contributed by atoms with Crippen molar-refractivity contribution in [2.75, 3.05) is 11.9 Å². The fourth-order valence-corrected chi connectivity index (χ4v) is 6.48. The van der Waals surface area contributed by atoms with Crippen LogP contribution in [0.25, 0.3) is 0 Å². The lowest BCUT2D eigenvalue weighted by Crippen LogP contribution is -2.30. The minimum atomic E-state index is -0.473. The highest BCUT2D eigenvalue weighted by Crippen LogP contribution is 2.49. The van der Waals surface area contributed by atoms with Crippen LogP contribution in [0.15, 0.2) is 68.0 Å². The van der Waals surface area contributed by atoms with Crippen LogP contribution in [0.4, 0.5) is 5.69 Å². The van der Waals surface area contributed by atoms with Gasteiger partial charge >= 0.3 is 0 Å². The molecular formula is C27H22Br2ClNO5. The van der Waals surface area contributed by atoms with Crippen LogP contribution in [-0.4, -0.2) is 24.1 Å². The molecule has 0 unspecified atom stereocenters. The standard InChI is InChI=1S/C27H22Br2ClNO5/c28-17-11-14(12-18(29)27(17)35-13-23(34)31-16-9-7-15(30)8-10-16)24-25-19(32)3-1-5-21(25)36-22-6-2-4-20(33)26(22)24/h7-12,24H,1-6,13H2,(H,31,34). The Morgan fingerprint density at radius 3 is 2.06 bits per heavy atom. The second-order valence-corrected chi connectivity index (χ2v) is 11.1. The monoisotopic (exact) mass is 633 g/mol. The quantitative estimate of drug-likeness (QED) is 0.382. The zero-order valence-electron chi connectivity index (χ0n) is 19.2. The van der Waals surface area contributed by atoms with E-state index in [0.717, 1.165) is 18.4 Å². The molecule has 2 aromatic rings. The van der Waals surface area contributed by atoms with Crippen molar-refractivity contribution in [2.24, 2.45) is 0 Å². The Balaban J connectivity index is 1.42. The van der Waals surface area contributed by atoms with Gasteiger partial charge < -0.3 is 14.8 Å². The van der Waals surface area contributed by atoms with Crippen molar-refractivity contribution in [2.45, 2.75) is 44.4 Å². The lowest BCUT2D eigenvalue weighted by Gasteiger charge is -2.36. The molecular weight excluding hydrogens is 614 g/mol. The number of rotatable bonds is 5. The van der Waals surface area contributed by atoms with Crippen molar-refractivity contribution in [3.63, 3.8) is 0 Å². The van der Waals surface area contributed by atoms with Gasteiger partial charge in [-0.05, 0) is 86.7 Å². The van der Waals surface area contributed by atoms with Crippen molar-refractivity contribution in [1.82, 2.24) is 0 Å². The molecule has 1 amide bonds. The lowest BCUT2D eigenvalue weighted by atomic mass is 9.73. The number of allylic oxidation sites excluding steroid dienone is 4. The van der Waals surface area contributed by atoms with Crippen molar-refractivity contribution in [3.05, 3.63) is 78.6 Å². The van der Waals surface area contributed by atoms with Gasteiger partial charge in [0.25, 0.3) is 5.91 Å².